The monoisotopic (exact) mass is 217 g/mol. The van der Waals surface area contributed by atoms with Crippen LogP contribution in [0.4, 0.5) is 0 Å². The van der Waals surface area contributed by atoms with Gasteiger partial charge in [0.05, 0.1) is 0 Å². The Balaban J connectivity index is 1.64. The number of hydrogen-bond acceptors (Lipinski definition) is 2. The van der Waals surface area contributed by atoms with Crippen LogP contribution < -0.4 is 10.1 Å². The summed E-state index contributed by atoms with van der Waals surface area (Å²) in [5.41, 5.74) is 1.50. The summed E-state index contributed by atoms with van der Waals surface area (Å²) in [5.74, 6) is 1.83. The molecule has 2 nitrogen and oxygen atoms in total. The molecular weight excluding hydrogens is 198 g/mol. The molecule has 0 unspecified atom stereocenters. The van der Waals surface area contributed by atoms with Crippen LogP contribution in [0.3, 0.4) is 0 Å². The first-order chi connectivity index (χ1) is 7.92. The zero-order chi connectivity index (χ0) is 10.8. The van der Waals surface area contributed by atoms with Gasteiger partial charge in [0.15, 0.2) is 0 Å². The zero-order valence-electron chi connectivity index (χ0n) is 9.61. The highest BCUT2D eigenvalue weighted by Gasteiger charge is 2.19. The van der Waals surface area contributed by atoms with Crippen LogP contribution in [0.25, 0.3) is 0 Å². The summed E-state index contributed by atoms with van der Waals surface area (Å²) in [6.45, 7) is 1.98. The molecule has 1 aliphatic heterocycles. The van der Waals surface area contributed by atoms with Gasteiger partial charge in [0.25, 0.3) is 0 Å². The van der Waals surface area contributed by atoms with Crippen molar-refractivity contribution in [1.29, 1.82) is 0 Å². The van der Waals surface area contributed by atoms with Gasteiger partial charge in [0.2, 0.25) is 0 Å². The standard InChI is InChI=1S/C14H19NO/c1-2-4-11(3-1)12-5-7-13(8-6-12)16-14-9-15-10-14/h5-8,11,14-15H,1-4,9-10H2. The molecule has 3 rings (SSSR count). The first kappa shape index (κ1) is 10.2. The van der Waals surface area contributed by atoms with Gasteiger partial charge >= 0.3 is 0 Å². The largest absolute Gasteiger partial charge is 0.488 e. The van der Waals surface area contributed by atoms with Gasteiger partial charge in [-0.25, -0.2) is 0 Å². The van der Waals surface area contributed by atoms with E-state index in [0.717, 1.165) is 24.8 Å². The topological polar surface area (TPSA) is 21.3 Å². The lowest BCUT2D eigenvalue weighted by Gasteiger charge is -2.27. The summed E-state index contributed by atoms with van der Waals surface area (Å²) >= 11 is 0. The highest BCUT2D eigenvalue weighted by molar-refractivity contribution is 5.30. The van der Waals surface area contributed by atoms with Gasteiger partial charge in [-0.15, -0.1) is 0 Å². The maximum Gasteiger partial charge on any atom is 0.123 e. The molecule has 86 valence electrons. The highest BCUT2D eigenvalue weighted by Crippen LogP contribution is 2.34. The molecule has 1 aromatic rings. The quantitative estimate of drug-likeness (QED) is 0.840. The van der Waals surface area contributed by atoms with Gasteiger partial charge < -0.3 is 10.1 Å². The number of hydrogen-bond donors (Lipinski definition) is 1. The summed E-state index contributed by atoms with van der Waals surface area (Å²) in [6, 6.07) is 8.76. The molecule has 0 amide bonds. The summed E-state index contributed by atoms with van der Waals surface area (Å²) in [6.07, 6.45) is 5.92. The van der Waals surface area contributed by atoms with Crippen LogP contribution in [-0.2, 0) is 0 Å². The minimum atomic E-state index is 0.386. The van der Waals surface area contributed by atoms with Crippen LogP contribution in [0.5, 0.6) is 5.75 Å². The van der Waals surface area contributed by atoms with Crippen molar-refractivity contribution in [2.75, 3.05) is 13.1 Å². The molecule has 1 N–H and O–H groups in total. The Morgan fingerprint density at radius 3 is 2.25 bits per heavy atom. The molecule has 1 saturated heterocycles. The smallest absolute Gasteiger partial charge is 0.123 e. The predicted molar refractivity (Wildman–Crippen MR) is 64.9 cm³/mol. The first-order valence-electron chi connectivity index (χ1n) is 6.39. The summed E-state index contributed by atoms with van der Waals surface area (Å²) in [5, 5.41) is 3.21. The van der Waals surface area contributed by atoms with Gasteiger partial charge in [-0.3, -0.25) is 0 Å². The molecule has 2 fully saturated rings. The molecule has 1 saturated carbocycles. The van der Waals surface area contributed by atoms with E-state index in [1.165, 1.54) is 31.2 Å². The second kappa shape index (κ2) is 4.46. The van der Waals surface area contributed by atoms with Crippen molar-refractivity contribution in [3.63, 3.8) is 0 Å². The number of nitrogens with one attached hydrogen (secondary N) is 1. The molecule has 1 heterocycles. The maximum atomic E-state index is 5.81. The lowest BCUT2D eigenvalue weighted by atomic mass is 9.98. The summed E-state index contributed by atoms with van der Waals surface area (Å²) in [7, 11) is 0. The summed E-state index contributed by atoms with van der Waals surface area (Å²) in [4.78, 5) is 0. The van der Waals surface area contributed by atoms with E-state index in [9.17, 15) is 0 Å². The van der Waals surface area contributed by atoms with Crippen LogP contribution in [0.2, 0.25) is 0 Å². The Morgan fingerprint density at radius 1 is 1.00 bits per heavy atom. The Bertz CT molecular complexity index is 336. The van der Waals surface area contributed by atoms with Crippen molar-refractivity contribution in [2.24, 2.45) is 0 Å². The first-order valence-corrected chi connectivity index (χ1v) is 6.39. The average Bonchev–Trinajstić information content (AvgIpc) is 2.78. The molecule has 1 aromatic carbocycles. The predicted octanol–water partition coefficient (Wildman–Crippen LogP) is 2.69. The fraction of sp³-hybridized carbons (Fsp3) is 0.571. The normalized spacial score (nSPS) is 22.0. The van der Waals surface area contributed by atoms with Crippen LogP contribution in [0, 0.1) is 0 Å². The third-order valence-corrected chi connectivity index (χ3v) is 3.75. The van der Waals surface area contributed by atoms with Gasteiger partial charge in [0, 0.05) is 13.1 Å². The second-order valence-electron chi connectivity index (χ2n) is 4.95. The molecule has 0 atom stereocenters. The van der Waals surface area contributed by atoms with Crippen molar-refractivity contribution < 1.29 is 4.74 Å². The fourth-order valence-electron chi connectivity index (χ4n) is 2.62. The SMILES string of the molecule is c1cc(C2CCCC2)ccc1OC1CNC1. The van der Waals surface area contributed by atoms with Gasteiger partial charge in [0.1, 0.15) is 11.9 Å². The molecule has 0 bridgehead atoms. The highest BCUT2D eigenvalue weighted by atomic mass is 16.5. The molecular formula is C14H19NO. The Kier molecular flexibility index (Phi) is 2.83. The van der Waals surface area contributed by atoms with E-state index >= 15 is 0 Å². The Labute approximate surface area is 97.0 Å². The van der Waals surface area contributed by atoms with E-state index in [4.69, 9.17) is 4.74 Å². The van der Waals surface area contributed by atoms with Crippen molar-refractivity contribution in [3.05, 3.63) is 29.8 Å². The third-order valence-electron chi connectivity index (χ3n) is 3.75. The molecule has 16 heavy (non-hydrogen) atoms. The Morgan fingerprint density at radius 2 is 1.69 bits per heavy atom. The van der Waals surface area contributed by atoms with E-state index < -0.39 is 0 Å². The molecule has 0 spiro atoms. The van der Waals surface area contributed by atoms with Crippen molar-refractivity contribution in [2.45, 2.75) is 37.7 Å². The summed E-state index contributed by atoms with van der Waals surface area (Å²) < 4.78 is 5.81. The van der Waals surface area contributed by atoms with Crippen molar-refractivity contribution in [1.82, 2.24) is 5.32 Å². The van der Waals surface area contributed by atoms with Crippen molar-refractivity contribution in [3.8, 4) is 5.75 Å². The number of ether oxygens (including phenoxy) is 1. The van der Waals surface area contributed by atoms with Crippen LogP contribution in [0.15, 0.2) is 24.3 Å². The Hall–Kier alpha value is -1.02. The van der Waals surface area contributed by atoms with Crippen LogP contribution in [0.1, 0.15) is 37.2 Å². The van der Waals surface area contributed by atoms with Gasteiger partial charge in [-0.05, 0) is 36.5 Å². The lowest BCUT2D eigenvalue weighted by molar-refractivity contribution is 0.142. The fourth-order valence-corrected chi connectivity index (χ4v) is 2.62. The zero-order valence-corrected chi connectivity index (χ0v) is 9.61. The minimum absolute atomic E-state index is 0.386. The molecule has 0 radical (unpaired) electrons. The van der Waals surface area contributed by atoms with Gasteiger partial charge in [-0.2, -0.15) is 0 Å². The van der Waals surface area contributed by atoms with Crippen LogP contribution in [-0.4, -0.2) is 19.2 Å². The van der Waals surface area contributed by atoms with E-state index in [2.05, 4.69) is 29.6 Å². The maximum absolute atomic E-state index is 5.81. The van der Waals surface area contributed by atoms with Gasteiger partial charge in [-0.1, -0.05) is 25.0 Å². The lowest BCUT2D eigenvalue weighted by Crippen LogP contribution is -2.50. The minimum Gasteiger partial charge on any atom is -0.488 e. The molecule has 2 heteroatoms. The van der Waals surface area contributed by atoms with Crippen molar-refractivity contribution >= 4 is 0 Å². The molecule has 2 aliphatic rings. The third kappa shape index (κ3) is 2.07. The van der Waals surface area contributed by atoms with Crippen LogP contribution >= 0.6 is 0 Å². The molecule has 1 aliphatic carbocycles. The molecule has 0 aromatic heterocycles. The van der Waals surface area contributed by atoms with E-state index in [-0.39, 0.29) is 0 Å². The average molecular weight is 217 g/mol. The number of benzene rings is 1. The van der Waals surface area contributed by atoms with E-state index in [0.29, 0.717) is 6.10 Å². The van der Waals surface area contributed by atoms with E-state index in [1.54, 1.807) is 0 Å². The van der Waals surface area contributed by atoms with E-state index in [1.807, 2.05) is 0 Å². The second-order valence-corrected chi connectivity index (χ2v) is 4.95. The number of rotatable bonds is 3.